The van der Waals surface area contributed by atoms with Crippen LogP contribution in [0.3, 0.4) is 0 Å². The highest BCUT2D eigenvalue weighted by molar-refractivity contribution is 7.99. The number of thioether (sulfide) groups is 1. The first-order chi connectivity index (χ1) is 6.20. The van der Waals surface area contributed by atoms with Gasteiger partial charge < -0.3 is 15.2 Å². The second kappa shape index (κ2) is 8.19. The molecule has 0 aliphatic heterocycles. The lowest BCUT2D eigenvalue weighted by Gasteiger charge is -2.12. The number of amides is 1. The normalized spacial score (nSPS) is 12.2. The van der Waals surface area contributed by atoms with Crippen molar-refractivity contribution < 1.29 is 14.6 Å². The van der Waals surface area contributed by atoms with Gasteiger partial charge in [0.05, 0.1) is 6.61 Å². The third-order valence-corrected chi connectivity index (χ3v) is 2.40. The summed E-state index contributed by atoms with van der Waals surface area (Å²) in [5.74, 6) is 1.92. The Balaban J connectivity index is 3.41. The zero-order valence-electron chi connectivity index (χ0n) is 8.08. The lowest BCUT2D eigenvalue weighted by atomic mass is 10.4. The number of alkyl carbamates (subject to hydrolysis) is 1. The second-order valence-corrected chi connectivity index (χ2v) is 3.88. The molecule has 0 aromatic heterocycles. The Bertz CT molecular complexity index is 143. The van der Waals surface area contributed by atoms with Gasteiger partial charge in [-0.25, -0.2) is 4.79 Å². The summed E-state index contributed by atoms with van der Waals surface area (Å²) in [7, 11) is 0. The number of nitrogens with one attached hydrogen (secondary N) is 1. The Kier molecular flexibility index (Phi) is 7.93. The molecule has 1 unspecified atom stereocenters. The average Bonchev–Trinajstić information content (AvgIpc) is 2.11. The van der Waals surface area contributed by atoms with E-state index in [1.807, 2.05) is 6.92 Å². The van der Waals surface area contributed by atoms with Gasteiger partial charge in [-0.15, -0.1) is 0 Å². The molecule has 0 bridgehead atoms. The molecule has 0 aromatic rings. The first-order valence-electron chi connectivity index (χ1n) is 4.32. The van der Waals surface area contributed by atoms with Crippen LogP contribution in [0.4, 0.5) is 4.79 Å². The van der Waals surface area contributed by atoms with Crippen molar-refractivity contribution in [3.05, 3.63) is 0 Å². The fraction of sp³-hybridized carbons (Fsp3) is 0.875. The van der Waals surface area contributed by atoms with Crippen molar-refractivity contribution in [1.82, 2.24) is 5.32 Å². The number of carbonyl (C=O) groups excluding carboxylic acids is 1. The largest absolute Gasteiger partial charge is 0.447 e. The van der Waals surface area contributed by atoms with Gasteiger partial charge in [0, 0.05) is 11.8 Å². The maximum atomic E-state index is 10.9. The molecule has 13 heavy (non-hydrogen) atoms. The summed E-state index contributed by atoms with van der Waals surface area (Å²) in [6.07, 6.45) is -0.460. The number of hydrogen-bond donors (Lipinski definition) is 2. The molecule has 0 aliphatic carbocycles. The van der Waals surface area contributed by atoms with Crippen LogP contribution in [0.2, 0.25) is 0 Å². The number of aliphatic hydroxyl groups is 1. The van der Waals surface area contributed by atoms with Gasteiger partial charge in [-0.3, -0.25) is 0 Å². The summed E-state index contributed by atoms with van der Waals surface area (Å²) in [6, 6.07) is 0.108. The molecule has 0 spiro atoms. The number of aliphatic hydroxyl groups excluding tert-OH is 1. The van der Waals surface area contributed by atoms with Crippen LogP contribution in [0.1, 0.15) is 13.8 Å². The molecular formula is C8H17NO3S. The Hall–Kier alpha value is -0.420. The van der Waals surface area contributed by atoms with Crippen LogP contribution in [0.5, 0.6) is 0 Å². The Morgan fingerprint density at radius 1 is 1.69 bits per heavy atom. The van der Waals surface area contributed by atoms with Gasteiger partial charge in [-0.1, -0.05) is 6.92 Å². The Morgan fingerprint density at radius 3 is 2.92 bits per heavy atom. The predicted molar refractivity (Wildman–Crippen MR) is 54.0 cm³/mol. The first kappa shape index (κ1) is 12.6. The fourth-order valence-corrected chi connectivity index (χ4v) is 1.39. The molecular weight excluding hydrogens is 190 g/mol. The summed E-state index contributed by atoms with van der Waals surface area (Å²) in [6.45, 7) is 3.91. The van der Waals surface area contributed by atoms with Gasteiger partial charge >= 0.3 is 6.09 Å². The minimum absolute atomic E-state index is 0.0550. The second-order valence-electron chi connectivity index (χ2n) is 2.56. The highest BCUT2D eigenvalue weighted by Gasteiger charge is 2.06. The molecule has 0 fully saturated rings. The molecule has 0 radical (unpaired) electrons. The van der Waals surface area contributed by atoms with E-state index >= 15 is 0 Å². The van der Waals surface area contributed by atoms with Crippen LogP contribution in [-0.4, -0.2) is 42.0 Å². The summed E-state index contributed by atoms with van der Waals surface area (Å²) in [5.41, 5.74) is 0. The molecule has 4 nitrogen and oxygen atoms in total. The van der Waals surface area contributed by atoms with Crippen molar-refractivity contribution in [2.45, 2.75) is 19.9 Å². The van der Waals surface area contributed by atoms with Crippen molar-refractivity contribution in [2.75, 3.05) is 24.7 Å². The van der Waals surface area contributed by atoms with Crippen LogP contribution in [-0.2, 0) is 4.74 Å². The summed E-state index contributed by atoms with van der Waals surface area (Å²) < 4.78 is 4.63. The van der Waals surface area contributed by atoms with Gasteiger partial charge in [0.25, 0.3) is 0 Å². The molecule has 0 aromatic carbocycles. The molecule has 2 N–H and O–H groups in total. The van der Waals surface area contributed by atoms with E-state index in [1.165, 1.54) is 0 Å². The van der Waals surface area contributed by atoms with Crippen molar-refractivity contribution in [3.8, 4) is 0 Å². The molecule has 5 heteroatoms. The van der Waals surface area contributed by atoms with Crippen LogP contribution < -0.4 is 5.32 Å². The van der Waals surface area contributed by atoms with Crippen molar-refractivity contribution in [1.29, 1.82) is 0 Å². The van der Waals surface area contributed by atoms with E-state index in [9.17, 15) is 4.79 Å². The van der Waals surface area contributed by atoms with Gasteiger partial charge in [0.15, 0.2) is 0 Å². The van der Waals surface area contributed by atoms with E-state index in [1.54, 1.807) is 11.8 Å². The predicted octanol–water partition coefficient (Wildman–Crippen LogP) is 0.847. The minimum Gasteiger partial charge on any atom is -0.447 e. The number of rotatable bonds is 6. The molecule has 0 aliphatic rings. The first-order valence-corrected chi connectivity index (χ1v) is 5.48. The molecule has 0 heterocycles. The average molecular weight is 207 g/mol. The van der Waals surface area contributed by atoms with Crippen molar-refractivity contribution >= 4 is 17.9 Å². The van der Waals surface area contributed by atoms with Gasteiger partial charge in [0.1, 0.15) is 6.61 Å². The minimum atomic E-state index is -0.460. The fourth-order valence-electron chi connectivity index (χ4n) is 0.717. The van der Waals surface area contributed by atoms with Crippen molar-refractivity contribution in [2.24, 2.45) is 0 Å². The highest BCUT2D eigenvalue weighted by atomic mass is 32.2. The zero-order chi connectivity index (χ0) is 10.1. The smallest absolute Gasteiger partial charge is 0.407 e. The summed E-state index contributed by atoms with van der Waals surface area (Å²) in [5, 5.41) is 11.0. The third-order valence-electron chi connectivity index (χ3n) is 1.26. The monoisotopic (exact) mass is 207 g/mol. The number of carbonyl (C=O) groups is 1. The molecule has 0 saturated carbocycles. The SMILES string of the molecule is CCSCC(C)NC(=O)OCCO. The standard InChI is InChI=1S/C8H17NO3S/c1-3-13-6-7(2)9-8(11)12-5-4-10/h7,10H,3-6H2,1-2H3,(H,9,11). The molecule has 78 valence electrons. The highest BCUT2D eigenvalue weighted by Crippen LogP contribution is 2.01. The van der Waals surface area contributed by atoms with Gasteiger partial charge in [-0.2, -0.15) is 11.8 Å². The third kappa shape index (κ3) is 7.93. The zero-order valence-corrected chi connectivity index (χ0v) is 8.89. The lowest BCUT2D eigenvalue weighted by Crippen LogP contribution is -2.35. The van der Waals surface area contributed by atoms with E-state index < -0.39 is 6.09 Å². The Labute approximate surface area is 83.0 Å². The lowest BCUT2D eigenvalue weighted by molar-refractivity contribution is 0.117. The van der Waals surface area contributed by atoms with Gasteiger partial charge in [0.2, 0.25) is 0 Å². The van der Waals surface area contributed by atoms with E-state index in [4.69, 9.17) is 5.11 Å². The van der Waals surface area contributed by atoms with E-state index in [-0.39, 0.29) is 19.3 Å². The van der Waals surface area contributed by atoms with E-state index in [2.05, 4.69) is 17.0 Å². The quantitative estimate of drug-likeness (QED) is 0.678. The molecule has 0 saturated heterocycles. The maximum absolute atomic E-state index is 10.9. The van der Waals surface area contributed by atoms with Crippen molar-refractivity contribution in [3.63, 3.8) is 0 Å². The van der Waals surface area contributed by atoms with Crippen LogP contribution in [0.25, 0.3) is 0 Å². The molecule has 1 atom stereocenters. The van der Waals surface area contributed by atoms with Crippen LogP contribution in [0.15, 0.2) is 0 Å². The number of ether oxygens (including phenoxy) is 1. The van der Waals surface area contributed by atoms with E-state index in [0.29, 0.717) is 0 Å². The molecule has 0 rings (SSSR count). The number of hydrogen-bond acceptors (Lipinski definition) is 4. The van der Waals surface area contributed by atoms with Crippen LogP contribution in [0, 0.1) is 0 Å². The summed E-state index contributed by atoms with van der Waals surface area (Å²) in [4.78, 5) is 10.9. The molecule has 1 amide bonds. The van der Waals surface area contributed by atoms with Crippen LogP contribution >= 0.6 is 11.8 Å². The van der Waals surface area contributed by atoms with E-state index in [0.717, 1.165) is 11.5 Å². The topological polar surface area (TPSA) is 58.6 Å². The van der Waals surface area contributed by atoms with Gasteiger partial charge in [-0.05, 0) is 12.7 Å². The maximum Gasteiger partial charge on any atom is 0.407 e. The summed E-state index contributed by atoms with van der Waals surface area (Å²) >= 11 is 1.76. The Morgan fingerprint density at radius 2 is 2.38 bits per heavy atom.